The van der Waals surface area contributed by atoms with E-state index < -0.39 is 9.84 Å². The minimum absolute atomic E-state index is 0.103. The summed E-state index contributed by atoms with van der Waals surface area (Å²) < 4.78 is 30.1. The van der Waals surface area contributed by atoms with Crippen LogP contribution in [0.2, 0.25) is 0 Å². The van der Waals surface area contributed by atoms with Crippen LogP contribution in [-0.2, 0) is 14.6 Å². The summed E-state index contributed by atoms with van der Waals surface area (Å²) in [6.07, 6.45) is 6.01. The number of rotatable bonds is 8. The first-order chi connectivity index (χ1) is 10.6. The minimum Gasteiger partial charge on any atom is -0.381 e. The molecule has 0 fully saturated rings. The van der Waals surface area contributed by atoms with Gasteiger partial charge in [0.2, 0.25) is 0 Å². The van der Waals surface area contributed by atoms with Crippen LogP contribution in [0.1, 0.15) is 51.2 Å². The number of ether oxygens (including phenoxy) is 1. The molecule has 1 aromatic rings. The maximum Gasteiger partial charge on any atom is 0.150 e. The topological polar surface area (TPSA) is 43.4 Å². The first-order valence-electron chi connectivity index (χ1n) is 7.98. The summed E-state index contributed by atoms with van der Waals surface area (Å²) in [6, 6.07) is 7.51. The molecule has 128 valence electrons. The van der Waals surface area contributed by atoms with Gasteiger partial charge in [0, 0.05) is 12.2 Å². The first kappa shape index (κ1) is 19.7. The number of benzene rings is 1. The van der Waals surface area contributed by atoms with Gasteiger partial charge in [-0.05, 0) is 29.4 Å². The highest BCUT2D eigenvalue weighted by Crippen LogP contribution is 2.21. The van der Waals surface area contributed by atoms with E-state index in [1.807, 2.05) is 31.2 Å². The predicted octanol–water partition coefficient (Wildman–Crippen LogP) is 3.64. The molecule has 0 spiro atoms. The van der Waals surface area contributed by atoms with Gasteiger partial charge in [-0.15, -0.1) is 6.42 Å². The van der Waals surface area contributed by atoms with Gasteiger partial charge >= 0.3 is 0 Å². The molecule has 0 aliphatic heterocycles. The van der Waals surface area contributed by atoms with Gasteiger partial charge in [0.25, 0.3) is 0 Å². The van der Waals surface area contributed by atoms with Crippen LogP contribution in [0.5, 0.6) is 0 Å². The third kappa shape index (κ3) is 7.67. The molecule has 0 unspecified atom stereocenters. The van der Waals surface area contributed by atoms with Crippen LogP contribution in [-0.4, -0.2) is 33.1 Å². The van der Waals surface area contributed by atoms with Gasteiger partial charge in [0.15, 0.2) is 9.84 Å². The number of sulfone groups is 1. The molecular weight excluding hydrogens is 308 g/mol. The molecule has 0 bridgehead atoms. The molecular formula is C19H28O3S. The Kier molecular flexibility index (Phi) is 7.31. The lowest BCUT2D eigenvalue weighted by atomic mass is 9.98. The second-order valence-electron chi connectivity index (χ2n) is 7.21. The third-order valence-corrected chi connectivity index (χ3v) is 5.35. The molecule has 1 aromatic carbocycles. The molecule has 3 nitrogen and oxygen atoms in total. The van der Waals surface area contributed by atoms with Gasteiger partial charge in [0.05, 0.1) is 18.1 Å². The summed E-state index contributed by atoms with van der Waals surface area (Å²) in [5, 5.41) is 0. The van der Waals surface area contributed by atoms with Gasteiger partial charge in [0.1, 0.15) is 0 Å². The quantitative estimate of drug-likeness (QED) is 0.538. The molecule has 0 saturated heterocycles. The van der Waals surface area contributed by atoms with E-state index in [0.717, 1.165) is 11.1 Å². The molecule has 0 N–H and O–H groups in total. The highest BCUT2D eigenvalue weighted by molar-refractivity contribution is 7.91. The van der Waals surface area contributed by atoms with Crippen LogP contribution in [0.15, 0.2) is 24.3 Å². The monoisotopic (exact) mass is 336 g/mol. The summed E-state index contributed by atoms with van der Waals surface area (Å²) in [4.78, 5) is 0. The van der Waals surface area contributed by atoms with Crippen LogP contribution in [0.25, 0.3) is 0 Å². The number of terminal acetylenes is 1. The van der Waals surface area contributed by atoms with Crippen molar-refractivity contribution in [3.05, 3.63) is 35.4 Å². The van der Waals surface area contributed by atoms with Crippen molar-refractivity contribution in [2.45, 2.75) is 40.0 Å². The van der Waals surface area contributed by atoms with Gasteiger partial charge in [-0.2, -0.15) is 0 Å². The Labute approximate surface area is 141 Å². The largest absolute Gasteiger partial charge is 0.381 e. The fourth-order valence-electron chi connectivity index (χ4n) is 2.37. The van der Waals surface area contributed by atoms with Crippen LogP contribution in [0.4, 0.5) is 0 Å². The summed E-state index contributed by atoms with van der Waals surface area (Å²) in [5.41, 5.74) is 1.79. The van der Waals surface area contributed by atoms with Crippen molar-refractivity contribution in [3.63, 3.8) is 0 Å². The standard InChI is InChI=1S/C19H28O3S/c1-6-17-10-7-8-11-18(17)16(2)14-23(20,21)13-9-12-22-15-19(3,4)5/h1,7-8,10-11,16H,9,12-15H2,2-5H3/t16-/m0/s1. The highest BCUT2D eigenvalue weighted by atomic mass is 32.2. The van der Waals surface area contributed by atoms with Crippen molar-refractivity contribution in [1.29, 1.82) is 0 Å². The van der Waals surface area contributed by atoms with Crippen LogP contribution in [0, 0.1) is 17.8 Å². The zero-order chi connectivity index (χ0) is 17.5. The van der Waals surface area contributed by atoms with Crippen LogP contribution in [0.3, 0.4) is 0 Å². The smallest absolute Gasteiger partial charge is 0.150 e. The van der Waals surface area contributed by atoms with Crippen molar-refractivity contribution in [2.24, 2.45) is 5.41 Å². The van der Waals surface area contributed by atoms with E-state index in [1.165, 1.54) is 0 Å². The second-order valence-corrected chi connectivity index (χ2v) is 9.44. The van der Waals surface area contributed by atoms with Crippen molar-refractivity contribution < 1.29 is 13.2 Å². The van der Waals surface area contributed by atoms with Crippen molar-refractivity contribution >= 4 is 9.84 Å². The Bertz CT molecular complexity index is 633. The average molecular weight is 336 g/mol. The SMILES string of the molecule is C#Cc1ccccc1[C@@H](C)CS(=O)(=O)CCCOCC(C)(C)C. The number of hydrogen-bond donors (Lipinski definition) is 0. The van der Waals surface area contributed by atoms with Crippen LogP contribution < -0.4 is 0 Å². The summed E-state index contributed by atoms with van der Waals surface area (Å²) in [7, 11) is -3.12. The van der Waals surface area contributed by atoms with E-state index in [0.29, 0.717) is 19.6 Å². The molecule has 1 rings (SSSR count). The molecule has 0 aliphatic rings. The Hall–Kier alpha value is -1.31. The van der Waals surface area contributed by atoms with Gasteiger partial charge in [-0.25, -0.2) is 8.42 Å². The predicted molar refractivity (Wildman–Crippen MR) is 96.3 cm³/mol. The number of hydrogen-bond acceptors (Lipinski definition) is 3. The minimum atomic E-state index is -3.12. The average Bonchev–Trinajstić information content (AvgIpc) is 2.45. The fraction of sp³-hybridized carbons (Fsp3) is 0.579. The molecule has 0 saturated carbocycles. The van der Waals surface area contributed by atoms with E-state index in [-0.39, 0.29) is 22.8 Å². The van der Waals surface area contributed by atoms with Crippen molar-refractivity contribution in [3.8, 4) is 12.3 Å². The maximum atomic E-state index is 12.3. The lowest BCUT2D eigenvalue weighted by Crippen LogP contribution is -2.19. The summed E-state index contributed by atoms with van der Waals surface area (Å²) in [5.74, 6) is 2.78. The summed E-state index contributed by atoms with van der Waals surface area (Å²) in [6.45, 7) is 9.30. The van der Waals surface area contributed by atoms with E-state index in [1.54, 1.807) is 0 Å². The first-order valence-corrected chi connectivity index (χ1v) is 9.80. The van der Waals surface area contributed by atoms with E-state index in [9.17, 15) is 8.42 Å². The lowest BCUT2D eigenvalue weighted by Gasteiger charge is -2.18. The Balaban J connectivity index is 2.50. The van der Waals surface area contributed by atoms with E-state index in [2.05, 4.69) is 26.7 Å². The van der Waals surface area contributed by atoms with E-state index >= 15 is 0 Å². The molecule has 0 aromatic heterocycles. The zero-order valence-corrected chi connectivity index (χ0v) is 15.4. The highest BCUT2D eigenvalue weighted by Gasteiger charge is 2.19. The fourth-order valence-corrected chi connectivity index (χ4v) is 4.04. The van der Waals surface area contributed by atoms with Gasteiger partial charge in [-0.3, -0.25) is 0 Å². The lowest BCUT2D eigenvalue weighted by molar-refractivity contribution is 0.0720. The zero-order valence-electron chi connectivity index (χ0n) is 14.6. The molecule has 0 radical (unpaired) electrons. The molecule has 23 heavy (non-hydrogen) atoms. The van der Waals surface area contributed by atoms with E-state index in [4.69, 9.17) is 11.2 Å². The normalized spacial score (nSPS) is 13.5. The van der Waals surface area contributed by atoms with Gasteiger partial charge < -0.3 is 4.74 Å². The van der Waals surface area contributed by atoms with Gasteiger partial charge in [-0.1, -0.05) is 51.8 Å². The molecule has 1 atom stereocenters. The van der Waals surface area contributed by atoms with Crippen molar-refractivity contribution in [1.82, 2.24) is 0 Å². The van der Waals surface area contributed by atoms with Crippen molar-refractivity contribution in [2.75, 3.05) is 24.7 Å². The molecule has 0 amide bonds. The molecule has 0 heterocycles. The second kappa shape index (κ2) is 8.52. The Morgan fingerprint density at radius 1 is 1.26 bits per heavy atom. The third-order valence-electron chi connectivity index (χ3n) is 3.43. The Morgan fingerprint density at radius 2 is 1.91 bits per heavy atom. The maximum absolute atomic E-state index is 12.3. The molecule has 0 aliphatic carbocycles. The summed E-state index contributed by atoms with van der Waals surface area (Å²) >= 11 is 0. The molecule has 4 heteroatoms. The van der Waals surface area contributed by atoms with Crippen LogP contribution >= 0.6 is 0 Å². The Morgan fingerprint density at radius 3 is 2.52 bits per heavy atom.